The molecule has 0 N–H and O–H groups in total. The van der Waals surface area contributed by atoms with Gasteiger partial charge in [-0.1, -0.05) is 60.7 Å². The first-order chi connectivity index (χ1) is 20.4. The van der Waals surface area contributed by atoms with E-state index >= 15 is 0 Å². The van der Waals surface area contributed by atoms with Gasteiger partial charge in [0.05, 0.1) is 22.7 Å². The Hall–Kier alpha value is -5.55. The second-order valence-electron chi connectivity index (χ2n) is 10.9. The molecule has 0 aliphatic heterocycles. The molecule has 190 valence electrons. The van der Waals surface area contributed by atoms with E-state index in [0.717, 1.165) is 45.2 Å². The Morgan fingerprint density at radius 3 is 2.37 bits per heavy atom. The zero-order valence-electron chi connectivity index (χ0n) is 21.9. The first-order valence-corrected chi connectivity index (χ1v) is 13.9. The molecule has 1 aliphatic rings. The van der Waals surface area contributed by atoms with E-state index in [2.05, 4.69) is 98.9 Å². The average molecular weight is 524 g/mol. The molecule has 41 heavy (non-hydrogen) atoms. The SMILES string of the molecule is c1ccc(-n2c3c4c(ccc3c3ccc5c(c6cccnc6n6c7ccncc7nc56)c32)-c2ccccc2C4)cc1. The maximum Gasteiger partial charge on any atom is 0.147 e. The first kappa shape index (κ1) is 21.3. The number of aromatic nitrogens is 5. The van der Waals surface area contributed by atoms with Crippen molar-refractivity contribution in [1.29, 1.82) is 0 Å². The van der Waals surface area contributed by atoms with Gasteiger partial charge in [-0.3, -0.25) is 9.38 Å². The molecule has 0 radical (unpaired) electrons. The molecule has 0 atom stereocenters. The predicted octanol–water partition coefficient (Wildman–Crippen LogP) is 8.25. The van der Waals surface area contributed by atoms with Crippen LogP contribution in [0, 0.1) is 0 Å². The summed E-state index contributed by atoms with van der Waals surface area (Å²) in [5.41, 5.74) is 12.8. The largest absolute Gasteiger partial charge is 0.308 e. The number of nitrogens with zero attached hydrogens (tertiary/aromatic N) is 5. The Bertz CT molecular complexity index is 2550. The zero-order chi connectivity index (χ0) is 26.7. The van der Waals surface area contributed by atoms with Gasteiger partial charge >= 0.3 is 0 Å². The van der Waals surface area contributed by atoms with Crippen molar-refractivity contribution in [2.24, 2.45) is 0 Å². The minimum atomic E-state index is 0.867. The van der Waals surface area contributed by atoms with Crippen molar-refractivity contribution >= 4 is 60.3 Å². The summed E-state index contributed by atoms with van der Waals surface area (Å²) in [5, 5.41) is 5.89. The van der Waals surface area contributed by atoms with Crippen LogP contribution in [0.25, 0.3) is 77.1 Å². The van der Waals surface area contributed by atoms with Gasteiger partial charge in [0.25, 0.3) is 0 Å². The van der Waals surface area contributed by atoms with Crippen LogP contribution in [0.15, 0.2) is 116 Å². The third kappa shape index (κ3) is 2.63. The smallest absolute Gasteiger partial charge is 0.147 e. The van der Waals surface area contributed by atoms with Crippen LogP contribution in [-0.2, 0) is 6.42 Å². The van der Waals surface area contributed by atoms with Crippen LogP contribution >= 0.6 is 0 Å². The molecule has 5 heterocycles. The second-order valence-corrected chi connectivity index (χ2v) is 10.9. The van der Waals surface area contributed by atoms with Gasteiger partial charge in [0.15, 0.2) is 0 Å². The Balaban J connectivity index is 1.49. The fourth-order valence-electron chi connectivity index (χ4n) is 7.21. The van der Waals surface area contributed by atoms with Gasteiger partial charge in [-0.2, -0.15) is 0 Å². The molecule has 0 amide bonds. The third-order valence-electron chi connectivity index (χ3n) is 8.85. The first-order valence-electron chi connectivity index (χ1n) is 13.9. The topological polar surface area (TPSA) is 48.0 Å². The Labute approximate surface area is 234 Å². The van der Waals surface area contributed by atoms with Crippen LogP contribution in [0.3, 0.4) is 0 Å². The number of hydrogen-bond donors (Lipinski definition) is 0. The third-order valence-corrected chi connectivity index (χ3v) is 8.85. The van der Waals surface area contributed by atoms with Crippen molar-refractivity contribution in [3.05, 3.63) is 127 Å². The standard InChI is InChI=1S/C36H21N5/c1-2-8-22(9-3-1)40-33-25(13-12-24-23-10-5-4-7-21(23)19-29(24)33)26-14-15-28-32(34(26)40)27-11-6-17-38-35(27)41-31-16-18-37-20-30(31)39-36(28)41/h1-18,20H,19H2. The predicted molar refractivity (Wildman–Crippen MR) is 166 cm³/mol. The van der Waals surface area contributed by atoms with Crippen molar-refractivity contribution in [2.75, 3.05) is 0 Å². The van der Waals surface area contributed by atoms with E-state index in [1.54, 1.807) is 0 Å². The zero-order valence-corrected chi connectivity index (χ0v) is 21.9. The molecule has 0 saturated heterocycles. The number of hydrogen-bond acceptors (Lipinski definition) is 3. The van der Waals surface area contributed by atoms with Crippen molar-refractivity contribution in [3.63, 3.8) is 0 Å². The minimum absolute atomic E-state index is 0.867. The average Bonchev–Trinajstić information content (AvgIpc) is 3.71. The van der Waals surface area contributed by atoms with Gasteiger partial charge in [-0.15, -0.1) is 0 Å². The fourth-order valence-corrected chi connectivity index (χ4v) is 7.21. The number of fused-ring (bicyclic) bond motifs is 16. The van der Waals surface area contributed by atoms with Crippen LogP contribution in [0.2, 0.25) is 0 Å². The molecular formula is C36H21N5. The molecule has 0 saturated carbocycles. The molecule has 0 fully saturated rings. The van der Waals surface area contributed by atoms with Crippen LogP contribution in [-0.4, -0.2) is 23.9 Å². The molecule has 0 unspecified atom stereocenters. The Morgan fingerprint density at radius 2 is 1.41 bits per heavy atom. The van der Waals surface area contributed by atoms with E-state index < -0.39 is 0 Å². The second kappa shape index (κ2) is 7.55. The van der Waals surface area contributed by atoms with E-state index in [-0.39, 0.29) is 0 Å². The molecule has 0 spiro atoms. The summed E-state index contributed by atoms with van der Waals surface area (Å²) in [4.78, 5) is 14.4. The normalized spacial score (nSPS) is 12.8. The minimum Gasteiger partial charge on any atom is -0.308 e. The fraction of sp³-hybridized carbons (Fsp3) is 0.0278. The van der Waals surface area contributed by atoms with Crippen molar-refractivity contribution < 1.29 is 0 Å². The Morgan fingerprint density at radius 1 is 0.610 bits per heavy atom. The van der Waals surface area contributed by atoms with Gasteiger partial charge in [-0.05, 0) is 58.7 Å². The highest BCUT2D eigenvalue weighted by molar-refractivity contribution is 6.28. The van der Waals surface area contributed by atoms with Gasteiger partial charge in [0.2, 0.25) is 0 Å². The molecule has 1 aliphatic carbocycles. The van der Waals surface area contributed by atoms with Crippen LogP contribution in [0.5, 0.6) is 0 Å². The molecule has 5 aromatic heterocycles. The molecule has 5 heteroatoms. The monoisotopic (exact) mass is 523 g/mol. The van der Waals surface area contributed by atoms with E-state index in [9.17, 15) is 0 Å². The molecule has 0 bridgehead atoms. The van der Waals surface area contributed by atoms with E-state index in [1.807, 2.05) is 30.7 Å². The lowest BCUT2D eigenvalue weighted by atomic mass is 10.0. The number of rotatable bonds is 1. The van der Waals surface area contributed by atoms with Gasteiger partial charge in [0.1, 0.15) is 16.8 Å². The summed E-state index contributed by atoms with van der Waals surface area (Å²) < 4.78 is 4.68. The van der Waals surface area contributed by atoms with Gasteiger partial charge < -0.3 is 4.57 Å². The maximum absolute atomic E-state index is 5.09. The summed E-state index contributed by atoms with van der Waals surface area (Å²) >= 11 is 0. The summed E-state index contributed by atoms with van der Waals surface area (Å²) in [6, 6.07) is 35.0. The highest BCUT2D eigenvalue weighted by atomic mass is 15.1. The molecule has 10 rings (SSSR count). The maximum atomic E-state index is 5.09. The molecule has 9 aromatic rings. The van der Waals surface area contributed by atoms with Gasteiger partial charge in [-0.25, -0.2) is 9.97 Å². The van der Waals surface area contributed by atoms with Gasteiger partial charge in [0, 0.05) is 51.4 Å². The Kier molecular flexibility index (Phi) is 3.92. The van der Waals surface area contributed by atoms with E-state index in [1.165, 1.54) is 49.4 Å². The molecule has 5 nitrogen and oxygen atoms in total. The number of para-hydroxylation sites is 1. The summed E-state index contributed by atoms with van der Waals surface area (Å²) in [6.45, 7) is 0. The van der Waals surface area contributed by atoms with E-state index in [0.29, 0.717) is 0 Å². The summed E-state index contributed by atoms with van der Waals surface area (Å²) in [7, 11) is 0. The molecule has 4 aromatic carbocycles. The highest BCUT2D eigenvalue weighted by Crippen LogP contribution is 2.46. The quantitative estimate of drug-likeness (QED) is 0.204. The number of pyridine rings is 3. The van der Waals surface area contributed by atoms with Crippen LogP contribution in [0.4, 0.5) is 0 Å². The highest BCUT2D eigenvalue weighted by Gasteiger charge is 2.26. The lowest BCUT2D eigenvalue weighted by Gasteiger charge is -2.14. The summed E-state index contributed by atoms with van der Waals surface area (Å²) in [6.07, 6.45) is 6.46. The van der Waals surface area contributed by atoms with Crippen molar-refractivity contribution in [2.45, 2.75) is 6.42 Å². The molecular weight excluding hydrogens is 502 g/mol. The van der Waals surface area contributed by atoms with Crippen LogP contribution < -0.4 is 0 Å². The van der Waals surface area contributed by atoms with Crippen molar-refractivity contribution in [3.8, 4) is 16.8 Å². The summed E-state index contributed by atoms with van der Waals surface area (Å²) in [5.74, 6) is 0. The van der Waals surface area contributed by atoms with Crippen molar-refractivity contribution in [1.82, 2.24) is 23.9 Å². The van der Waals surface area contributed by atoms with E-state index in [4.69, 9.17) is 9.97 Å². The van der Waals surface area contributed by atoms with Crippen LogP contribution in [0.1, 0.15) is 11.1 Å². The number of imidazole rings is 1. The number of benzene rings is 4. The lowest BCUT2D eigenvalue weighted by Crippen LogP contribution is -1.99. The lowest BCUT2D eigenvalue weighted by molar-refractivity contribution is 1.16.